The van der Waals surface area contributed by atoms with E-state index >= 15 is 0 Å². The molecule has 1 saturated carbocycles. The maximum atomic E-state index is 13.0. The number of hydrogen-bond acceptors (Lipinski definition) is 4. The molecule has 2 fully saturated rings. The van der Waals surface area contributed by atoms with Gasteiger partial charge in [-0.2, -0.15) is 0 Å². The Kier molecular flexibility index (Phi) is 5.41. The highest BCUT2D eigenvalue weighted by atomic mass is 16.5. The monoisotopic (exact) mass is 365 g/mol. The number of para-hydroxylation sites is 1. The first-order valence-corrected chi connectivity index (χ1v) is 9.78. The number of hydrogen-bond donors (Lipinski definition) is 1. The van der Waals surface area contributed by atoms with Crippen molar-refractivity contribution in [2.24, 2.45) is 0 Å². The number of piperazine rings is 1. The standard InChI is InChI=1S/C22H27N3O2/c1-23-16-18-15-17(7-10-21(18)27-20-5-3-2-4-6-20)22(26)25-13-11-24(12-14-25)19-8-9-19/h2-7,10,15,19,23H,8-9,11-14,16H2,1H3. The lowest BCUT2D eigenvalue weighted by Gasteiger charge is -2.35. The van der Waals surface area contributed by atoms with E-state index in [0.29, 0.717) is 6.54 Å². The van der Waals surface area contributed by atoms with Gasteiger partial charge in [0.25, 0.3) is 5.91 Å². The molecule has 142 valence electrons. The smallest absolute Gasteiger partial charge is 0.253 e. The molecule has 1 aliphatic carbocycles. The van der Waals surface area contributed by atoms with E-state index in [1.54, 1.807) is 0 Å². The molecular formula is C22H27N3O2. The lowest BCUT2D eigenvalue weighted by atomic mass is 10.1. The third-order valence-corrected chi connectivity index (χ3v) is 5.31. The largest absolute Gasteiger partial charge is 0.457 e. The van der Waals surface area contributed by atoms with Crippen LogP contribution in [-0.4, -0.2) is 55.0 Å². The first kappa shape index (κ1) is 18.0. The van der Waals surface area contributed by atoms with E-state index < -0.39 is 0 Å². The van der Waals surface area contributed by atoms with Crippen molar-refractivity contribution in [1.29, 1.82) is 0 Å². The molecule has 27 heavy (non-hydrogen) atoms. The van der Waals surface area contributed by atoms with E-state index in [4.69, 9.17) is 4.74 Å². The van der Waals surface area contributed by atoms with Crippen molar-refractivity contribution in [1.82, 2.24) is 15.1 Å². The predicted octanol–water partition coefficient (Wildman–Crippen LogP) is 3.12. The number of carbonyl (C=O) groups is 1. The van der Waals surface area contributed by atoms with Crippen LogP contribution in [0.3, 0.4) is 0 Å². The maximum absolute atomic E-state index is 13.0. The minimum atomic E-state index is 0.120. The summed E-state index contributed by atoms with van der Waals surface area (Å²) in [6.07, 6.45) is 2.65. The van der Waals surface area contributed by atoms with E-state index in [2.05, 4.69) is 10.2 Å². The van der Waals surface area contributed by atoms with Gasteiger partial charge < -0.3 is 15.0 Å². The molecule has 0 aromatic heterocycles. The minimum absolute atomic E-state index is 0.120. The molecule has 5 nitrogen and oxygen atoms in total. The second kappa shape index (κ2) is 8.11. The van der Waals surface area contributed by atoms with Crippen LogP contribution >= 0.6 is 0 Å². The van der Waals surface area contributed by atoms with Crippen molar-refractivity contribution >= 4 is 5.91 Å². The summed E-state index contributed by atoms with van der Waals surface area (Å²) in [5, 5.41) is 3.17. The van der Waals surface area contributed by atoms with Crippen molar-refractivity contribution in [2.75, 3.05) is 33.2 Å². The molecule has 1 saturated heterocycles. The van der Waals surface area contributed by atoms with Crippen LogP contribution in [0.25, 0.3) is 0 Å². The fourth-order valence-electron chi connectivity index (χ4n) is 3.67. The van der Waals surface area contributed by atoms with Gasteiger partial charge in [-0.1, -0.05) is 18.2 Å². The summed E-state index contributed by atoms with van der Waals surface area (Å²) in [5.74, 6) is 1.70. The van der Waals surface area contributed by atoms with E-state index in [1.165, 1.54) is 12.8 Å². The third-order valence-electron chi connectivity index (χ3n) is 5.31. The SMILES string of the molecule is CNCc1cc(C(=O)N2CCN(C3CC3)CC2)ccc1Oc1ccccc1. The second-order valence-corrected chi connectivity index (χ2v) is 7.33. The molecule has 2 aliphatic rings. The quantitative estimate of drug-likeness (QED) is 0.854. The van der Waals surface area contributed by atoms with Crippen molar-refractivity contribution in [2.45, 2.75) is 25.4 Å². The number of nitrogens with zero attached hydrogens (tertiary/aromatic N) is 2. The van der Waals surface area contributed by atoms with Gasteiger partial charge in [-0.25, -0.2) is 0 Å². The van der Waals surface area contributed by atoms with Crippen LogP contribution in [0, 0.1) is 0 Å². The zero-order chi connectivity index (χ0) is 18.6. The molecule has 4 rings (SSSR count). The Morgan fingerprint density at radius 1 is 1.07 bits per heavy atom. The van der Waals surface area contributed by atoms with Gasteiger partial charge in [-0.05, 0) is 50.2 Å². The Bertz CT molecular complexity index is 781. The fraction of sp³-hybridized carbons (Fsp3) is 0.409. The van der Waals surface area contributed by atoms with Gasteiger partial charge in [0, 0.05) is 49.9 Å². The molecule has 1 heterocycles. The minimum Gasteiger partial charge on any atom is -0.457 e. The molecule has 2 aromatic carbocycles. The molecule has 1 N–H and O–H groups in total. The molecule has 1 aliphatic heterocycles. The maximum Gasteiger partial charge on any atom is 0.253 e. The van der Waals surface area contributed by atoms with Gasteiger partial charge in [0.2, 0.25) is 0 Å². The topological polar surface area (TPSA) is 44.8 Å². The summed E-state index contributed by atoms with van der Waals surface area (Å²) in [6, 6.07) is 16.3. The Balaban J connectivity index is 1.47. The van der Waals surface area contributed by atoms with Crippen LogP contribution < -0.4 is 10.1 Å². The summed E-state index contributed by atoms with van der Waals surface area (Å²) in [6.45, 7) is 4.28. The summed E-state index contributed by atoms with van der Waals surface area (Å²) < 4.78 is 6.02. The summed E-state index contributed by atoms with van der Waals surface area (Å²) in [7, 11) is 1.90. The first-order valence-electron chi connectivity index (χ1n) is 9.78. The Morgan fingerprint density at radius 3 is 2.48 bits per heavy atom. The van der Waals surface area contributed by atoms with Crippen LogP contribution in [0.5, 0.6) is 11.5 Å². The zero-order valence-corrected chi connectivity index (χ0v) is 15.9. The molecular weight excluding hydrogens is 338 g/mol. The highest BCUT2D eigenvalue weighted by Crippen LogP contribution is 2.29. The highest BCUT2D eigenvalue weighted by Gasteiger charge is 2.32. The Hall–Kier alpha value is -2.37. The molecule has 0 spiro atoms. The summed E-state index contributed by atoms with van der Waals surface area (Å²) >= 11 is 0. The van der Waals surface area contributed by atoms with Crippen molar-refractivity contribution < 1.29 is 9.53 Å². The molecule has 0 radical (unpaired) electrons. The van der Waals surface area contributed by atoms with Gasteiger partial charge in [0.15, 0.2) is 0 Å². The number of carbonyl (C=O) groups excluding carboxylic acids is 1. The lowest BCUT2D eigenvalue weighted by molar-refractivity contribution is 0.0627. The lowest BCUT2D eigenvalue weighted by Crippen LogP contribution is -2.49. The van der Waals surface area contributed by atoms with Gasteiger partial charge in [-0.3, -0.25) is 9.69 Å². The van der Waals surface area contributed by atoms with Gasteiger partial charge >= 0.3 is 0 Å². The number of ether oxygens (including phenoxy) is 1. The van der Waals surface area contributed by atoms with E-state index in [9.17, 15) is 4.79 Å². The Labute approximate surface area is 160 Å². The molecule has 0 unspecified atom stereocenters. The van der Waals surface area contributed by atoms with E-state index in [0.717, 1.165) is 54.8 Å². The van der Waals surface area contributed by atoms with Crippen LogP contribution in [0.15, 0.2) is 48.5 Å². The van der Waals surface area contributed by atoms with Gasteiger partial charge in [-0.15, -0.1) is 0 Å². The molecule has 0 bridgehead atoms. The predicted molar refractivity (Wildman–Crippen MR) is 106 cm³/mol. The number of amides is 1. The van der Waals surface area contributed by atoms with Gasteiger partial charge in [0.05, 0.1) is 0 Å². The second-order valence-electron chi connectivity index (χ2n) is 7.33. The van der Waals surface area contributed by atoms with Gasteiger partial charge in [0.1, 0.15) is 11.5 Å². The van der Waals surface area contributed by atoms with E-state index in [-0.39, 0.29) is 5.91 Å². The van der Waals surface area contributed by atoms with Crippen molar-refractivity contribution in [3.8, 4) is 11.5 Å². The number of nitrogens with one attached hydrogen (secondary N) is 1. The molecule has 1 amide bonds. The summed E-state index contributed by atoms with van der Waals surface area (Å²) in [5.41, 5.74) is 1.73. The van der Waals surface area contributed by atoms with Crippen LogP contribution in [0.1, 0.15) is 28.8 Å². The van der Waals surface area contributed by atoms with Crippen LogP contribution in [0.4, 0.5) is 0 Å². The highest BCUT2D eigenvalue weighted by molar-refractivity contribution is 5.94. The molecule has 5 heteroatoms. The number of benzene rings is 2. The molecule has 0 atom stereocenters. The Morgan fingerprint density at radius 2 is 1.81 bits per heavy atom. The average Bonchev–Trinajstić information content (AvgIpc) is 3.55. The molecule has 2 aromatic rings. The number of rotatable bonds is 6. The first-order chi connectivity index (χ1) is 13.2. The summed E-state index contributed by atoms with van der Waals surface area (Å²) in [4.78, 5) is 17.5. The normalized spacial score (nSPS) is 17.7. The van der Waals surface area contributed by atoms with Crippen LogP contribution in [-0.2, 0) is 6.54 Å². The fourth-order valence-corrected chi connectivity index (χ4v) is 3.67. The third kappa shape index (κ3) is 4.31. The average molecular weight is 365 g/mol. The zero-order valence-electron chi connectivity index (χ0n) is 15.9. The van der Waals surface area contributed by atoms with Crippen molar-refractivity contribution in [3.05, 3.63) is 59.7 Å². The van der Waals surface area contributed by atoms with E-state index in [1.807, 2.05) is 60.5 Å². The van der Waals surface area contributed by atoms with Crippen LogP contribution in [0.2, 0.25) is 0 Å². The van der Waals surface area contributed by atoms with Crippen molar-refractivity contribution in [3.63, 3.8) is 0 Å².